The molecule has 2 rings (SSSR count). The zero-order valence-electron chi connectivity index (χ0n) is 10.1. The molecular formula is C13H18N2O2. The fourth-order valence-electron chi connectivity index (χ4n) is 2.01. The van der Waals surface area contributed by atoms with Crippen LogP contribution in [0.15, 0.2) is 18.2 Å². The van der Waals surface area contributed by atoms with Gasteiger partial charge in [0.05, 0.1) is 0 Å². The molecule has 1 aliphatic heterocycles. The van der Waals surface area contributed by atoms with Crippen LogP contribution in [0, 0.1) is 0 Å². The van der Waals surface area contributed by atoms with Crippen molar-refractivity contribution in [3.05, 3.63) is 29.3 Å². The molecule has 0 saturated carbocycles. The number of anilines is 1. The fraction of sp³-hybridized carbons (Fsp3) is 0.462. The van der Waals surface area contributed by atoms with Crippen molar-refractivity contribution in [3.8, 4) is 0 Å². The first kappa shape index (κ1) is 12.1. The van der Waals surface area contributed by atoms with Crippen molar-refractivity contribution in [3.63, 3.8) is 0 Å². The lowest BCUT2D eigenvalue weighted by Gasteiger charge is -2.20. The molecule has 17 heavy (non-hydrogen) atoms. The Bertz CT molecular complexity index is 404. The van der Waals surface area contributed by atoms with Gasteiger partial charge in [0, 0.05) is 18.8 Å². The third kappa shape index (κ3) is 3.05. The second-order valence-electron chi connectivity index (χ2n) is 4.06. The lowest BCUT2D eigenvalue weighted by atomic mass is 9.99. The SMILES string of the molecule is CCOCC(=O)Nc1cccc2c1CNCC2. The van der Waals surface area contributed by atoms with Gasteiger partial charge in [0.1, 0.15) is 6.61 Å². The number of carbonyl (C=O) groups is 1. The number of ether oxygens (including phenoxy) is 1. The maximum absolute atomic E-state index is 11.6. The van der Waals surface area contributed by atoms with E-state index < -0.39 is 0 Å². The quantitative estimate of drug-likeness (QED) is 0.825. The highest BCUT2D eigenvalue weighted by Crippen LogP contribution is 2.22. The van der Waals surface area contributed by atoms with Gasteiger partial charge in [-0.3, -0.25) is 4.79 Å². The first-order valence-electron chi connectivity index (χ1n) is 6.00. The Morgan fingerprint density at radius 3 is 3.24 bits per heavy atom. The first-order valence-corrected chi connectivity index (χ1v) is 6.00. The molecule has 0 unspecified atom stereocenters. The number of hydrogen-bond donors (Lipinski definition) is 2. The summed E-state index contributed by atoms with van der Waals surface area (Å²) in [6, 6.07) is 6.05. The molecule has 0 atom stereocenters. The van der Waals surface area contributed by atoms with E-state index in [1.165, 1.54) is 11.1 Å². The lowest BCUT2D eigenvalue weighted by molar-refractivity contribution is -0.120. The molecule has 0 radical (unpaired) electrons. The van der Waals surface area contributed by atoms with E-state index in [0.717, 1.165) is 25.2 Å². The Morgan fingerprint density at radius 2 is 2.41 bits per heavy atom. The number of carbonyl (C=O) groups excluding carboxylic acids is 1. The average Bonchev–Trinajstić information content (AvgIpc) is 2.37. The van der Waals surface area contributed by atoms with Crippen LogP contribution < -0.4 is 10.6 Å². The number of rotatable bonds is 4. The first-order chi connectivity index (χ1) is 8.31. The summed E-state index contributed by atoms with van der Waals surface area (Å²) in [7, 11) is 0. The van der Waals surface area contributed by atoms with Crippen LogP contribution in [0.1, 0.15) is 18.1 Å². The normalized spacial score (nSPS) is 14.2. The van der Waals surface area contributed by atoms with E-state index in [0.29, 0.717) is 6.61 Å². The molecule has 1 heterocycles. The minimum absolute atomic E-state index is 0.0918. The van der Waals surface area contributed by atoms with E-state index in [4.69, 9.17) is 4.74 Å². The summed E-state index contributed by atoms with van der Waals surface area (Å²) in [5.74, 6) is -0.0918. The van der Waals surface area contributed by atoms with Gasteiger partial charge in [-0.25, -0.2) is 0 Å². The highest BCUT2D eigenvalue weighted by molar-refractivity contribution is 5.92. The molecule has 1 amide bonds. The van der Waals surface area contributed by atoms with Crippen LogP contribution in [0.3, 0.4) is 0 Å². The number of hydrogen-bond acceptors (Lipinski definition) is 3. The molecule has 1 aliphatic rings. The molecule has 4 heteroatoms. The molecule has 1 aromatic carbocycles. The predicted molar refractivity (Wildman–Crippen MR) is 67.0 cm³/mol. The van der Waals surface area contributed by atoms with Gasteiger partial charge in [0.25, 0.3) is 0 Å². The van der Waals surface area contributed by atoms with Crippen LogP contribution in [-0.2, 0) is 22.5 Å². The van der Waals surface area contributed by atoms with Crippen molar-refractivity contribution in [1.29, 1.82) is 0 Å². The van der Waals surface area contributed by atoms with Gasteiger partial charge in [-0.1, -0.05) is 12.1 Å². The summed E-state index contributed by atoms with van der Waals surface area (Å²) in [5, 5.41) is 6.22. The molecular weight excluding hydrogens is 216 g/mol. The largest absolute Gasteiger partial charge is 0.372 e. The summed E-state index contributed by atoms with van der Waals surface area (Å²) in [6.07, 6.45) is 1.02. The molecule has 0 aromatic heterocycles. The van der Waals surface area contributed by atoms with Crippen molar-refractivity contribution >= 4 is 11.6 Å². The van der Waals surface area contributed by atoms with Gasteiger partial charge >= 0.3 is 0 Å². The highest BCUT2D eigenvalue weighted by Gasteiger charge is 2.13. The summed E-state index contributed by atoms with van der Waals surface area (Å²) in [6.45, 7) is 4.38. The maximum atomic E-state index is 11.6. The average molecular weight is 234 g/mol. The molecule has 0 aliphatic carbocycles. The number of amides is 1. The number of benzene rings is 1. The minimum Gasteiger partial charge on any atom is -0.372 e. The Labute approximate surface area is 101 Å². The van der Waals surface area contributed by atoms with Crippen LogP contribution in [-0.4, -0.2) is 25.7 Å². The molecule has 92 valence electrons. The van der Waals surface area contributed by atoms with Gasteiger partial charge in [-0.05, 0) is 37.1 Å². The lowest BCUT2D eigenvalue weighted by Crippen LogP contribution is -2.26. The molecule has 2 N–H and O–H groups in total. The Kier molecular flexibility index (Phi) is 4.12. The van der Waals surface area contributed by atoms with E-state index in [1.54, 1.807) is 0 Å². The van der Waals surface area contributed by atoms with Crippen molar-refractivity contribution in [1.82, 2.24) is 5.32 Å². The zero-order valence-corrected chi connectivity index (χ0v) is 10.1. The van der Waals surface area contributed by atoms with Crippen LogP contribution >= 0.6 is 0 Å². The highest BCUT2D eigenvalue weighted by atomic mass is 16.5. The van der Waals surface area contributed by atoms with Crippen molar-refractivity contribution in [2.45, 2.75) is 19.9 Å². The van der Waals surface area contributed by atoms with Gasteiger partial charge in [0.2, 0.25) is 5.91 Å². The molecule has 4 nitrogen and oxygen atoms in total. The van der Waals surface area contributed by atoms with Crippen molar-refractivity contribution < 1.29 is 9.53 Å². The van der Waals surface area contributed by atoms with E-state index in [2.05, 4.69) is 16.7 Å². The zero-order chi connectivity index (χ0) is 12.1. The summed E-state index contributed by atoms with van der Waals surface area (Å²) in [5.41, 5.74) is 3.42. The van der Waals surface area contributed by atoms with Crippen LogP contribution in [0.4, 0.5) is 5.69 Å². The second kappa shape index (κ2) is 5.80. The van der Waals surface area contributed by atoms with E-state index in [1.807, 2.05) is 19.1 Å². The monoisotopic (exact) mass is 234 g/mol. The second-order valence-corrected chi connectivity index (χ2v) is 4.06. The van der Waals surface area contributed by atoms with Crippen LogP contribution in [0.25, 0.3) is 0 Å². The van der Waals surface area contributed by atoms with Gasteiger partial charge in [-0.2, -0.15) is 0 Å². The summed E-state index contributed by atoms with van der Waals surface area (Å²) < 4.78 is 5.08. The van der Waals surface area contributed by atoms with Crippen LogP contribution in [0.5, 0.6) is 0 Å². The fourth-order valence-corrected chi connectivity index (χ4v) is 2.01. The third-order valence-electron chi connectivity index (χ3n) is 2.86. The smallest absolute Gasteiger partial charge is 0.250 e. The molecule has 0 spiro atoms. The maximum Gasteiger partial charge on any atom is 0.250 e. The molecule has 0 saturated heterocycles. The molecule has 1 aromatic rings. The minimum atomic E-state index is -0.0918. The Hall–Kier alpha value is -1.39. The van der Waals surface area contributed by atoms with Crippen molar-refractivity contribution in [2.24, 2.45) is 0 Å². The predicted octanol–water partition coefficient (Wildman–Crippen LogP) is 1.31. The standard InChI is InChI=1S/C13H18N2O2/c1-2-17-9-13(16)15-12-5-3-4-10-6-7-14-8-11(10)12/h3-5,14H,2,6-9H2,1H3,(H,15,16). The van der Waals surface area contributed by atoms with Gasteiger partial charge in [-0.15, -0.1) is 0 Å². The number of fused-ring (bicyclic) bond motifs is 1. The van der Waals surface area contributed by atoms with E-state index in [-0.39, 0.29) is 12.5 Å². The molecule has 0 bridgehead atoms. The van der Waals surface area contributed by atoms with E-state index >= 15 is 0 Å². The Morgan fingerprint density at radius 1 is 1.53 bits per heavy atom. The van der Waals surface area contributed by atoms with Gasteiger partial charge < -0.3 is 15.4 Å². The van der Waals surface area contributed by atoms with Crippen molar-refractivity contribution in [2.75, 3.05) is 25.1 Å². The Balaban J connectivity index is 2.08. The number of nitrogens with one attached hydrogen (secondary N) is 2. The third-order valence-corrected chi connectivity index (χ3v) is 2.86. The summed E-state index contributed by atoms with van der Waals surface area (Å²) in [4.78, 5) is 11.6. The molecule has 0 fully saturated rings. The topological polar surface area (TPSA) is 50.4 Å². The summed E-state index contributed by atoms with van der Waals surface area (Å²) >= 11 is 0. The van der Waals surface area contributed by atoms with Crippen LogP contribution in [0.2, 0.25) is 0 Å². The van der Waals surface area contributed by atoms with E-state index in [9.17, 15) is 4.79 Å². The van der Waals surface area contributed by atoms with Gasteiger partial charge in [0.15, 0.2) is 0 Å².